The summed E-state index contributed by atoms with van der Waals surface area (Å²) in [7, 11) is 0. The maximum atomic E-state index is 11.4. The maximum absolute atomic E-state index is 11.4. The van der Waals surface area contributed by atoms with Gasteiger partial charge in [0, 0.05) is 39.2 Å². The second-order valence-corrected chi connectivity index (χ2v) is 5.68. The van der Waals surface area contributed by atoms with Gasteiger partial charge in [-0.1, -0.05) is 18.3 Å². The van der Waals surface area contributed by atoms with Crippen molar-refractivity contribution in [1.29, 1.82) is 0 Å². The van der Waals surface area contributed by atoms with E-state index in [0.29, 0.717) is 25.2 Å². The molecule has 0 aromatic rings. The zero-order chi connectivity index (χ0) is 15.5. The van der Waals surface area contributed by atoms with Crippen LogP contribution in [0.2, 0.25) is 0 Å². The molecular weight excluding hydrogens is 276 g/mol. The van der Waals surface area contributed by atoms with Gasteiger partial charge in [0.05, 0.1) is 0 Å². The normalized spacial score (nSPS) is 9.95. The van der Waals surface area contributed by atoms with Gasteiger partial charge in [-0.15, -0.1) is 0 Å². The van der Waals surface area contributed by atoms with Gasteiger partial charge in [0.2, 0.25) is 16.9 Å². The first kappa shape index (κ1) is 18.7. The van der Waals surface area contributed by atoms with Crippen LogP contribution in [0.3, 0.4) is 0 Å². The van der Waals surface area contributed by atoms with Crippen molar-refractivity contribution in [1.82, 2.24) is 10.2 Å². The Hall–Kier alpha value is -1.30. The van der Waals surface area contributed by atoms with E-state index in [4.69, 9.17) is 0 Å². The molecule has 0 aromatic heterocycles. The summed E-state index contributed by atoms with van der Waals surface area (Å²) in [6.45, 7) is 9.91. The molecule has 0 radical (unpaired) electrons. The van der Waals surface area contributed by atoms with Crippen LogP contribution < -0.4 is 5.32 Å². The molecule has 0 rings (SSSR count). The lowest BCUT2D eigenvalue weighted by Crippen LogP contribution is -2.37. The van der Waals surface area contributed by atoms with Crippen LogP contribution in [0.15, 0.2) is 12.2 Å². The topological polar surface area (TPSA) is 66.5 Å². The van der Waals surface area contributed by atoms with E-state index in [2.05, 4.69) is 11.9 Å². The predicted octanol–water partition coefficient (Wildman–Crippen LogP) is 1.59. The zero-order valence-electron chi connectivity index (χ0n) is 12.5. The van der Waals surface area contributed by atoms with Crippen LogP contribution in [0.5, 0.6) is 0 Å². The zero-order valence-corrected chi connectivity index (χ0v) is 13.3. The molecule has 0 atom stereocenters. The summed E-state index contributed by atoms with van der Waals surface area (Å²) < 4.78 is 0. The Balaban J connectivity index is 3.81. The summed E-state index contributed by atoms with van der Waals surface area (Å²) in [6, 6.07) is 0. The molecule has 114 valence electrons. The Kier molecular flexibility index (Phi) is 9.80. The molecule has 0 aromatic carbocycles. The third-order valence-electron chi connectivity index (χ3n) is 2.60. The van der Waals surface area contributed by atoms with Gasteiger partial charge in [0.25, 0.3) is 0 Å². The third-order valence-corrected chi connectivity index (χ3v) is 3.71. The van der Waals surface area contributed by atoms with Crippen LogP contribution in [0.4, 0.5) is 0 Å². The highest BCUT2D eigenvalue weighted by molar-refractivity contribution is 8.14. The summed E-state index contributed by atoms with van der Waals surface area (Å²) in [5, 5.41) is 2.70. The van der Waals surface area contributed by atoms with Crippen molar-refractivity contribution in [2.24, 2.45) is 0 Å². The van der Waals surface area contributed by atoms with Crippen LogP contribution in [0.1, 0.15) is 33.6 Å². The number of carbonyl (C=O) groups excluding carboxylic acids is 3. The van der Waals surface area contributed by atoms with E-state index in [9.17, 15) is 14.4 Å². The first-order valence-corrected chi connectivity index (χ1v) is 7.65. The van der Waals surface area contributed by atoms with Crippen LogP contribution >= 0.6 is 11.8 Å². The highest BCUT2D eigenvalue weighted by Gasteiger charge is 2.08. The molecule has 0 aliphatic heterocycles. The Morgan fingerprint density at radius 3 is 2.25 bits per heavy atom. The number of thioether (sulfide) groups is 1. The van der Waals surface area contributed by atoms with Crippen molar-refractivity contribution < 1.29 is 14.4 Å². The van der Waals surface area contributed by atoms with Crippen LogP contribution in [-0.4, -0.2) is 47.2 Å². The van der Waals surface area contributed by atoms with Crippen LogP contribution in [-0.2, 0) is 14.4 Å². The minimum atomic E-state index is -0.0943. The summed E-state index contributed by atoms with van der Waals surface area (Å²) >= 11 is 1.27. The molecule has 0 aliphatic rings. The molecular formula is C14H24N2O3S. The second kappa shape index (κ2) is 10.5. The first-order valence-electron chi connectivity index (χ1n) is 6.67. The molecule has 0 bridgehead atoms. The number of rotatable bonds is 9. The molecule has 6 heteroatoms. The number of nitrogens with zero attached hydrogens (tertiary/aromatic N) is 1. The number of hydrogen-bond donors (Lipinski definition) is 1. The standard InChI is InChI=1S/C14H24N2O3S/c1-11(2)14(19)20-10-6-5-8-16(13(4)18)9-7-15-12(3)17/h1,5-10H2,2-4H3,(H,15,17). The summed E-state index contributed by atoms with van der Waals surface area (Å²) in [6.07, 6.45) is 1.71. The van der Waals surface area contributed by atoms with Crippen molar-refractivity contribution in [2.75, 3.05) is 25.4 Å². The molecule has 20 heavy (non-hydrogen) atoms. The molecule has 0 fully saturated rings. The molecule has 0 saturated heterocycles. The van der Waals surface area contributed by atoms with Gasteiger partial charge in [0.1, 0.15) is 0 Å². The molecule has 0 aliphatic carbocycles. The van der Waals surface area contributed by atoms with E-state index in [1.165, 1.54) is 25.6 Å². The Labute approximate surface area is 125 Å². The van der Waals surface area contributed by atoms with E-state index < -0.39 is 0 Å². The Morgan fingerprint density at radius 2 is 1.75 bits per heavy atom. The Bertz CT molecular complexity index is 369. The molecule has 0 unspecified atom stereocenters. The molecule has 0 saturated carbocycles. The average Bonchev–Trinajstić information content (AvgIpc) is 2.35. The van der Waals surface area contributed by atoms with Gasteiger partial charge < -0.3 is 10.2 Å². The monoisotopic (exact) mass is 300 g/mol. The van der Waals surface area contributed by atoms with Gasteiger partial charge in [0.15, 0.2) is 0 Å². The largest absolute Gasteiger partial charge is 0.355 e. The van der Waals surface area contributed by atoms with Crippen molar-refractivity contribution >= 4 is 28.7 Å². The molecule has 1 N–H and O–H groups in total. The lowest BCUT2D eigenvalue weighted by Gasteiger charge is -2.21. The second-order valence-electron chi connectivity index (χ2n) is 4.61. The SMILES string of the molecule is C=C(C)C(=O)SCCCCN(CCNC(C)=O)C(C)=O. The third kappa shape index (κ3) is 9.61. The van der Waals surface area contributed by atoms with E-state index in [1.54, 1.807) is 11.8 Å². The van der Waals surface area contributed by atoms with Crippen molar-refractivity contribution in [3.63, 3.8) is 0 Å². The van der Waals surface area contributed by atoms with Crippen LogP contribution in [0, 0.1) is 0 Å². The maximum Gasteiger partial charge on any atom is 0.219 e. The fourth-order valence-corrected chi connectivity index (χ4v) is 2.27. The Morgan fingerprint density at radius 1 is 1.10 bits per heavy atom. The van der Waals surface area contributed by atoms with Crippen molar-refractivity contribution in [3.05, 3.63) is 12.2 Å². The van der Waals surface area contributed by atoms with Crippen molar-refractivity contribution in [3.8, 4) is 0 Å². The first-order chi connectivity index (χ1) is 9.34. The lowest BCUT2D eigenvalue weighted by molar-refractivity contribution is -0.129. The van der Waals surface area contributed by atoms with Gasteiger partial charge in [-0.3, -0.25) is 14.4 Å². The quantitative estimate of drug-likeness (QED) is 0.519. The highest BCUT2D eigenvalue weighted by Crippen LogP contribution is 2.11. The van der Waals surface area contributed by atoms with E-state index in [0.717, 1.165) is 18.6 Å². The van der Waals surface area contributed by atoms with E-state index in [1.807, 2.05) is 0 Å². The summed E-state index contributed by atoms with van der Waals surface area (Å²) in [4.78, 5) is 35.2. The fraction of sp³-hybridized carbons (Fsp3) is 0.643. The number of carbonyl (C=O) groups is 3. The number of unbranched alkanes of at least 4 members (excludes halogenated alkanes) is 1. The fourth-order valence-electron chi connectivity index (χ4n) is 1.49. The minimum absolute atomic E-state index is 0.000942. The number of hydrogen-bond acceptors (Lipinski definition) is 4. The number of nitrogens with one attached hydrogen (secondary N) is 1. The van der Waals surface area contributed by atoms with Gasteiger partial charge in [-0.05, 0) is 25.3 Å². The van der Waals surface area contributed by atoms with Crippen LogP contribution in [0.25, 0.3) is 0 Å². The lowest BCUT2D eigenvalue weighted by atomic mass is 10.3. The smallest absolute Gasteiger partial charge is 0.219 e. The number of amides is 2. The summed E-state index contributed by atoms with van der Waals surface area (Å²) in [5.41, 5.74) is 0.565. The van der Waals surface area contributed by atoms with Gasteiger partial charge in [-0.25, -0.2) is 0 Å². The van der Waals surface area contributed by atoms with Crippen molar-refractivity contribution in [2.45, 2.75) is 33.6 Å². The molecule has 0 heterocycles. The van der Waals surface area contributed by atoms with E-state index >= 15 is 0 Å². The van der Waals surface area contributed by atoms with Gasteiger partial charge in [-0.2, -0.15) is 0 Å². The molecule has 2 amide bonds. The van der Waals surface area contributed by atoms with E-state index in [-0.39, 0.29) is 16.9 Å². The predicted molar refractivity (Wildman–Crippen MR) is 82.5 cm³/mol. The average molecular weight is 300 g/mol. The highest BCUT2D eigenvalue weighted by atomic mass is 32.2. The summed E-state index contributed by atoms with van der Waals surface area (Å²) in [5.74, 6) is 0.646. The molecule has 5 nitrogen and oxygen atoms in total. The van der Waals surface area contributed by atoms with Gasteiger partial charge >= 0.3 is 0 Å². The minimum Gasteiger partial charge on any atom is -0.355 e. The molecule has 0 spiro atoms.